The smallest absolute Gasteiger partial charge is 0.417 e. The Balaban J connectivity index is 1.83. The predicted molar refractivity (Wildman–Crippen MR) is 90.6 cm³/mol. The highest BCUT2D eigenvalue weighted by Gasteiger charge is 2.33. The largest absolute Gasteiger partial charge is 0.457 e. The molecule has 0 unspecified atom stereocenters. The number of hydrogen-bond acceptors (Lipinski definition) is 3. The lowest BCUT2D eigenvalue weighted by atomic mass is 10.1. The molecule has 0 saturated carbocycles. The van der Waals surface area contributed by atoms with E-state index < -0.39 is 17.3 Å². The first-order chi connectivity index (χ1) is 12.4. The van der Waals surface area contributed by atoms with Crippen LogP contribution < -0.4 is 4.74 Å². The van der Waals surface area contributed by atoms with Gasteiger partial charge in [0.2, 0.25) is 0 Å². The van der Waals surface area contributed by atoms with Gasteiger partial charge in [0.15, 0.2) is 0 Å². The van der Waals surface area contributed by atoms with Crippen molar-refractivity contribution in [1.29, 1.82) is 5.26 Å². The molecule has 0 radical (unpaired) electrons. The molecule has 0 atom stereocenters. The van der Waals surface area contributed by atoms with Crippen molar-refractivity contribution in [1.82, 2.24) is 4.98 Å². The van der Waals surface area contributed by atoms with Crippen molar-refractivity contribution in [2.24, 2.45) is 0 Å². The van der Waals surface area contributed by atoms with Crippen molar-refractivity contribution in [2.75, 3.05) is 0 Å². The monoisotopic (exact) mass is 354 g/mol. The molecule has 0 saturated heterocycles. The summed E-state index contributed by atoms with van der Waals surface area (Å²) in [6.45, 7) is 1.90. The number of alkyl halides is 3. The summed E-state index contributed by atoms with van der Waals surface area (Å²) in [5.74, 6) is 0.612. The maximum atomic E-state index is 12.8. The molecule has 26 heavy (non-hydrogen) atoms. The van der Waals surface area contributed by atoms with Gasteiger partial charge >= 0.3 is 6.18 Å². The Kier molecular flexibility index (Phi) is 4.63. The van der Waals surface area contributed by atoms with Crippen LogP contribution in [0.15, 0.2) is 60.7 Å². The zero-order valence-corrected chi connectivity index (χ0v) is 13.7. The van der Waals surface area contributed by atoms with Gasteiger partial charge < -0.3 is 4.74 Å². The first-order valence-electron chi connectivity index (χ1n) is 7.70. The van der Waals surface area contributed by atoms with Crippen LogP contribution in [0.25, 0.3) is 11.3 Å². The van der Waals surface area contributed by atoms with Crippen LogP contribution in [0.2, 0.25) is 0 Å². The highest BCUT2D eigenvalue weighted by Crippen LogP contribution is 2.34. The van der Waals surface area contributed by atoms with Crippen molar-refractivity contribution in [3.63, 3.8) is 0 Å². The zero-order chi connectivity index (χ0) is 18.7. The van der Waals surface area contributed by atoms with E-state index in [2.05, 4.69) is 4.98 Å². The van der Waals surface area contributed by atoms with Gasteiger partial charge in [-0.1, -0.05) is 6.07 Å². The van der Waals surface area contributed by atoms with Crippen molar-refractivity contribution in [3.05, 3.63) is 77.5 Å². The second-order valence-electron chi connectivity index (χ2n) is 5.61. The molecule has 3 aromatic rings. The molecule has 0 N–H and O–H groups in total. The van der Waals surface area contributed by atoms with Crippen LogP contribution in [-0.4, -0.2) is 4.98 Å². The third-order valence-electron chi connectivity index (χ3n) is 3.69. The quantitative estimate of drug-likeness (QED) is 0.602. The summed E-state index contributed by atoms with van der Waals surface area (Å²) in [5, 5.41) is 8.94. The van der Waals surface area contributed by atoms with Gasteiger partial charge in [0.1, 0.15) is 11.5 Å². The van der Waals surface area contributed by atoms with Crippen LogP contribution in [-0.2, 0) is 6.18 Å². The van der Waals surface area contributed by atoms with Gasteiger partial charge in [-0.05, 0) is 61.5 Å². The van der Waals surface area contributed by atoms with Gasteiger partial charge in [0.25, 0.3) is 0 Å². The van der Waals surface area contributed by atoms with E-state index >= 15 is 0 Å². The Bertz CT molecular complexity index is 974. The molecule has 1 heterocycles. The average molecular weight is 354 g/mol. The molecule has 0 bridgehead atoms. The molecule has 3 nitrogen and oxygen atoms in total. The molecule has 6 heteroatoms. The first-order valence-corrected chi connectivity index (χ1v) is 7.70. The lowest BCUT2D eigenvalue weighted by Crippen LogP contribution is -2.07. The molecule has 3 rings (SSSR count). The fourth-order valence-electron chi connectivity index (χ4n) is 2.46. The number of nitrogens with zero attached hydrogens (tertiary/aromatic N) is 2. The Morgan fingerprint density at radius 1 is 0.962 bits per heavy atom. The SMILES string of the molecule is Cc1cccc(-c2ccc(Oc3ccc(C(F)(F)F)c(C#N)c3)cc2)n1. The fraction of sp³-hybridized carbons (Fsp3) is 0.100. The second-order valence-corrected chi connectivity index (χ2v) is 5.61. The standard InChI is InChI=1S/C20H13F3N2O/c1-13-3-2-4-19(25-13)14-5-7-16(8-6-14)26-17-9-10-18(20(21,22)23)15(11-17)12-24/h2-11H,1H3. The highest BCUT2D eigenvalue weighted by molar-refractivity contribution is 5.60. The summed E-state index contributed by atoms with van der Waals surface area (Å²) in [6.07, 6.45) is -4.58. The van der Waals surface area contributed by atoms with E-state index in [1.165, 1.54) is 6.07 Å². The van der Waals surface area contributed by atoms with E-state index in [0.717, 1.165) is 29.1 Å². The Morgan fingerprint density at radius 2 is 1.65 bits per heavy atom. The van der Waals surface area contributed by atoms with Crippen LogP contribution in [0.4, 0.5) is 13.2 Å². The maximum absolute atomic E-state index is 12.8. The molecule has 0 amide bonds. The minimum atomic E-state index is -4.58. The first kappa shape index (κ1) is 17.5. The Hall–Kier alpha value is -3.33. The van der Waals surface area contributed by atoms with E-state index in [0.29, 0.717) is 5.75 Å². The third kappa shape index (κ3) is 3.83. The minimum absolute atomic E-state index is 0.163. The van der Waals surface area contributed by atoms with Crippen molar-refractivity contribution in [2.45, 2.75) is 13.1 Å². The number of benzene rings is 2. The molecule has 0 aliphatic heterocycles. The van der Waals surface area contributed by atoms with Crippen molar-refractivity contribution in [3.8, 4) is 28.8 Å². The van der Waals surface area contributed by atoms with Gasteiger partial charge in [-0.2, -0.15) is 18.4 Å². The Morgan fingerprint density at radius 3 is 2.27 bits per heavy atom. The predicted octanol–water partition coefficient (Wildman–Crippen LogP) is 5.74. The molecule has 2 aromatic carbocycles. The molecule has 0 fully saturated rings. The molecule has 0 spiro atoms. The average Bonchev–Trinajstić information content (AvgIpc) is 2.61. The summed E-state index contributed by atoms with van der Waals surface area (Å²) in [4.78, 5) is 4.43. The molecular weight excluding hydrogens is 341 g/mol. The van der Waals surface area contributed by atoms with E-state index in [4.69, 9.17) is 10.00 Å². The molecular formula is C20H13F3N2O. The Labute approximate surface area is 148 Å². The maximum Gasteiger partial charge on any atom is 0.417 e. The van der Waals surface area contributed by atoms with E-state index in [-0.39, 0.29) is 5.75 Å². The van der Waals surface area contributed by atoms with Crippen LogP contribution in [0, 0.1) is 18.3 Å². The molecule has 0 aliphatic carbocycles. The van der Waals surface area contributed by atoms with Gasteiger partial charge in [-0.25, -0.2) is 0 Å². The lowest BCUT2D eigenvalue weighted by molar-refractivity contribution is -0.137. The van der Waals surface area contributed by atoms with Crippen LogP contribution in [0.1, 0.15) is 16.8 Å². The summed E-state index contributed by atoms with van der Waals surface area (Å²) in [5.41, 5.74) is 1.16. The number of aromatic nitrogens is 1. The van der Waals surface area contributed by atoms with Gasteiger partial charge in [0.05, 0.1) is 22.9 Å². The third-order valence-corrected chi connectivity index (χ3v) is 3.69. The van der Waals surface area contributed by atoms with E-state index in [1.807, 2.05) is 37.3 Å². The van der Waals surface area contributed by atoms with Crippen LogP contribution in [0.3, 0.4) is 0 Å². The van der Waals surface area contributed by atoms with E-state index in [9.17, 15) is 13.2 Å². The second kappa shape index (κ2) is 6.89. The number of hydrogen-bond donors (Lipinski definition) is 0. The normalized spacial score (nSPS) is 11.0. The molecule has 130 valence electrons. The summed E-state index contributed by atoms with van der Waals surface area (Å²) in [6, 6.07) is 17.4. The van der Waals surface area contributed by atoms with Crippen LogP contribution in [0.5, 0.6) is 11.5 Å². The summed E-state index contributed by atoms with van der Waals surface area (Å²) >= 11 is 0. The minimum Gasteiger partial charge on any atom is -0.457 e. The highest BCUT2D eigenvalue weighted by atomic mass is 19.4. The number of ether oxygens (including phenoxy) is 1. The number of rotatable bonds is 3. The summed E-state index contributed by atoms with van der Waals surface area (Å²) in [7, 11) is 0. The molecule has 0 aliphatic rings. The van der Waals surface area contributed by atoms with Gasteiger partial charge in [-0.3, -0.25) is 4.98 Å². The topological polar surface area (TPSA) is 45.9 Å². The van der Waals surface area contributed by atoms with Gasteiger partial charge in [-0.15, -0.1) is 0 Å². The van der Waals surface area contributed by atoms with Crippen molar-refractivity contribution < 1.29 is 17.9 Å². The lowest BCUT2D eigenvalue weighted by Gasteiger charge is -2.11. The number of halogens is 3. The summed E-state index contributed by atoms with van der Waals surface area (Å²) < 4.78 is 44.1. The number of nitriles is 1. The number of pyridine rings is 1. The van der Waals surface area contributed by atoms with Crippen molar-refractivity contribution >= 4 is 0 Å². The number of aryl methyl sites for hydroxylation is 1. The molecule has 1 aromatic heterocycles. The van der Waals surface area contributed by atoms with Crippen LogP contribution >= 0.6 is 0 Å². The zero-order valence-electron chi connectivity index (χ0n) is 13.7. The van der Waals surface area contributed by atoms with Gasteiger partial charge in [0, 0.05) is 11.3 Å². The van der Waals surface area contributed by atoms with E-state index in [1.54, 1.807) is 18.2 Å². The fourth-order valence-corrected chi connectivity index (χ4v) is 2.46.